The van der Waals surface area contributed by atoms with E-state index in [4.69, 9.17) is 11.1 Å². The summed E-state index contributed by atoms with van der Waals surface area (Å²) in [4.78, 5) is 26.1. The van der Waals surface area contributed by atoms with Gasteiger partial charge in [-0.2, -0.15) is 8.78 Å². The second kappa shape index (κ2) is 9.08. The molecule has 5 N–H and O–H groups in total. The number of carbonyl (C=O) groups excluding carboxylic acids is 1. The Labute approximate surface area is 176 Å². The second-order valence-electron chi connectivity index (χ2n) is 6.72. The quantitative estimate of drug-likeness (QED) is 0.317. The van der Waals surface area contributed by atoms with E-state index in [1.165, 1.54) is 36.3 Å². The summed E-state index contributed by atoms with van der Waals surface area (Å²) < 4.78 is 41.5. The predicted molar refractivity (Wildman–Crippen MR) is 110 cm³/mol. The highest BCUT2D eigenvalue weighted by atomic mass is 19.3. The number of amidine groups is 1. The number of nitrogens with zero attached hydrogens (tertiary/aromatic N) is 4. The van der Waals surface area contributed by atoms with Gasteiger partial charge in [-0.1, -0.05) is 12.1 Å². The Morgan fingerprint density at radius 2 is 2.19 bits per heavy atom. The molecule has 1 saturated heterocycles. The molecule has 0 spiro atoms. The number of aromatic nitrogens is 2. The van der Waals surface area contributed by atoms with Crippen LogP contribution in [0.3, 0.4) is 0 Å². The number of nitrogens with two attached hydrogens (primary N) is 1. The van der Waals surface area contributed by atoms with Gasteiger partial charge in [0, 0.05) is 31.9 Å². The molecule has 0 radical (unpaired) electrons. The molecule has 1 fully saturated rings. The molecule has 164 valence electrons. The van der Waals surface area contributed by atoms with Crippen LogP contribution in [0.25, 0.3) is 11.3 Å². The maximum absolute atomic E-state index is 14.1. The number of nitrogens with one attached hydrogen (secondary N) is 3. The lowest BCUT2D eigenvalue weighted by Gasteiger charge is -2.37. The number of alkyl halides is 2. The van der Waals surface area contributed by atoms with Crippen LogP contribution in [-0.2, 0) is 0 Å². The number of aliphatic imine (C=N–C) groups is 1. The zero-order valence-electron chi connectivity index (χ0n) is 16.6. The van der Waals surface area contributed by atoms with Crippen LogP contribution < -0.4 is 16.4 Å². The summed E-state index contributed by atoms with van der Waals surface area (Å²) in [7, 11) is 1.38. The SMILES string of the molecule is CN=C(C(C=N)NC(=O)c1nc(-c2ccccc2F)cnc1N)N1CCNC(F)(F)C1. The average molecular weight is 434 g/mol. The highest BCUT2D eigenvalue weighted by Crippen LogP contribution is 2.21. The summed E-state index contributed by atoms with van der Waals surface area (Å²) in [5, 5.41) is 12.2. The van der Waals surface area contributed by atoms with Crippen LogP contribution in [0.15, 0.2) is 35.5 Å². The van der Waals surface area contributed by atoms with Gasteiger partial charge in [0.2, 0.25) is 0 Å². The number of nitrogen functional groups attached to an aromatic ring is 1. The number of hydrogen-bond donors (Lipinski definition) is 4. The molecule has 9 nitrogen and oxygen atoms in total. The normalized spacial score (nSPS) is 17.2. The summed E-state index contributed by atoms with van der Waals surface area (Å²) >= 11 is 0. The van der Waals surface area contributed by atoms with Gasteiger partial charge in [0.25, 0.3) is 5.91 Å². The van der Waals surface area contributed by atoms with E-state index in [-0.39, 0.29) is 41.7 Å². The van der Waals surface area contributed by atoms with E-state index < -0.39 is 30.4 Å². The van der Waals surface area contributed by atoms with E-state index in [0.717, 1.165) is 6.21 Å². The first kappa shape index (κ1) is 22.2. The van der Waals surface area contributed by atoms with Crippen LogP contribution in [0.2, 0.25) is 0 Å². The van der Waals surface area contributed by atoms with Crippen LogP contribution in [-0.4, -0.2) is 71.6 Å². The minimum absolute atomic E-state index is 0.00773. The van der Waals surface area contributed by atoms with Gasteiger partial charge in [-0.3, -0.25) is 15.1 Å². The van der Waals surface area contributed by atoms with E-state index >= 15 is 0 Å². The Morgan fingerprint density at radius 3 is 2.84 bits per heavy atom. The lowest BCUT2D eigenvalue weighted by molar-refractivity contribution is -0.0686. The molecule has 1 aliphatic rings. The van der Waals surface area contributed by atoms with E-state index in [2.05, 4.69) is 25.6 Å². The number of rotatable bonds is 5. The molecule has 0 saturated carbocycles. The third-order valence-corrected chi connectivity index (χ3v) is 4.61. The molecule has 1 aromatic carbocycles. The Kier molecular flexibility index (Phi) is 6.49. The molecule has 1 unspecified atom stereocenters. The summed E-state index contributed by atoms with van der Waals surface area (Å²) in [5.41, 5.74) is 5.72. The van der Waals surface area contributed by atoms with Gasteiger partial charge < -0.3 is 21.4 Å². The van der Waals surface area contributed by atoms with Crippen molar-refractivity contribution >= 4 is 23.8 Å². The molecule has 1 aromatic heterocycles. The molecule has 31 heavy (non-hydrogen) atoms. The van der Waals surface area contributed by atoms with Crippen molar-refractivity contribution in [2.24, 2.45) is 4.99 Å². The first-order valence-electron chi connectivity index (χ1n) is 9.29. The van der Waals surface area contributed by atoms with Gasteiger partial charge in [0.1, 0.15) is 17.7 Å². The third kappa shape index (κ3) is 4.97. The van der Waals surface area contributed by atoms with Crippen LogP contribution >= 0.6 is 0 Å². The van der Waals surface area contributed by atoms with Gasteiger partial charge >= 0.3 is 6.05 Å². The smallest absolute Gasteiger partial charge is 0.319 e. The third-order valence-electron chi connectivity index (χ3n) is 4.61. The van der Waals surface area contributed by atoms with Crippen molar-refractivity contribution in [2.75, 3.05) is 32.4 Å². The van der Waals surface area contributed by atoms with Crippen LogP contribution in [0.4, 0.5) is 19.0 Å². The highest BCUT2D eigenvalue weighted by Gasteiger charge is 2.37. The van der Waals surface area contributed by atoms with E-state index in [0.29, 0.717) is 0 Å². The van der Waals surface area contributed by atoms with Crippen molar-refractivity contribution in [3.05, 3.63) is 42.0 Å². The van der Waals surface area contributed by atoms with Gasteiger partial charge in [-0.05, 0) is 12.1 Å². The topological polar surface area (TPSA) is 132 Å². The lowest BCUT2D eigenvalue weighted by atomic mass is 10.1. The molecule has 2 heterocycles. The van der Waals surface area contributed by atoms with Gasteiger partial charge in [-0.15, -0.1) is 0 Å². The van der Waals surface area contributed by atoms with E-state index in [1.54, 1.807) is 6.07 Å². The minimum atomic E-state index is -3.13. The Morgan fingerprint density at radius 1 is 1.45 bits per heavy atom. The molecular weight excluding hydrogens is 413 g/mol. The summed E-state index contributed by atoms with van der Waals surface area (Å²) in [6, 6.07) is 1.60. The Hall–Kier alpha value is -3.54. The van der Waals surface area contributed by atoms with Crippen molar-refractivity contribution in [1.29, 1.82) is 5.41 Å². The highest BCUT2D eigenvalue weighted by molar-refractivity contribution is 6.06. The van der Waals surface area contributed by atoms with E-state index in [9.17, 15) is 18.0 Å². The molecular formula is C19H21F3N8O. The van der Waals surface area contributed by atoms with Gasteiger partial charge in [0.05, 0.1) is 18.4 Å². The maximum Gasteiger partial charge on any atom is 0.319 e. The minimum Gasteiger partial charge on any atom is -0.382 e. The first-order valence-corrected chi connectivity index (χ1v) is 9.29. The molecule has 0 aliphatic carbocycles. The monoisotopic (exact) mass is 434 g/mol. The number of halogens is 3. The fourth-order valence-corrected chi connectivity index (χ4v) is 3.18. The number of benzene rings is 1. The lowest BCUT2D eigenvalue weighted by Crippen LogP contribution is -2.60. The molecule has 1 aliphatic heterocycles. The first-order chi connectivity index (χ1) is 14.8. The molecule has 1 amide bonds. The molecule has 0 bridgehead atoms. The predicted octanol–water partition coefficient (Wildman–Crippen LogP) is 1.14. The zero-order valence-corrected chi connectivity index (χ0v) is 16.6. The summed E-state index contributed by atoms with van der Waals surface area (Å²) in [6.45, 7) is -0.439. The number of anilines is 1. The summed E-state index contributed by atoms with van der Waals surface area (Å²) in [6.07, 6.45) is 2.10. The van der Waals surface area contributed by atoms with Crippen molar-refractivity contribution in [1.82, 2.24) is 25.5 Å². The average Bonchev–Trinajstić information content (AvgIpc) is 2.73. The number of hydrogen-bond acceptors (Lipinski definition) is 7. The number of piperazine rings is 1. The van der Waals surface area contributed by atoms with Crippen molar-refractivity contribution in [3.8, 4) is 11.3 Å². The largest absolute Gasteiger partial charge is 0.382 e. The molecule has 3 rings (SSSR count). The van der Waals surface area contributed by atoms with Crippen molar-refractivity contribution in [3.63, 3.8) is 0 Å². The fourth-order valence-electron chi connectivity index (χ4n) is 3.18. The number of carbonyl (C=O) groups is 1. The fraction of sp³-hybridized carbons (Fsp3) is 0.316. The van der Waals surface area contributed by atoms with E-state index in [1.807, 2.05) is 0 Å². The number of amides is 1. The summed E-state index contributed by atoms with van der Waals surface area (Å²) in [5.74, 6) is -1.48. The van der Waals surface area contributed by atoms with Crippen molar-refractivity contribution in [2.45, 2.75) is 12.1 Å². The molecule has 12 heteroatoms. The second-order valence-corrected chi connectivity index (χ2v) is 6.72. The zero-order chi connectivity index (χ0) is 22.6. The van der Waals surface area contributed by atoms with Crippen LogP contribution in [0, 0.1) is 11.2 Å². The van der Waals surface area contributed by atoms with Gasteiger partial charge in [0.15, 0.2) is 11.5 Å². The maximum atomic E-state index is 14.1. The van der Waals surface area contributed by atoms with Gasteiger partial charge in [-0.25, -0.2) is 14.4 Å². The molecule has 2 aromatic rings. The van der Waals surface area contributed by atoms with Crippen molar-refractivity contribution < 1.29 is 18.0 Å². The Bertz CT molecular complexity index is 1010. The standard InChI is InChI=1S/C19H21F3N8O/c1-25-17(30-7-6-27-19(21,22)10-30)13(8-23)29-18(31)15-16(24)26-9-14(28-15)11-4-2-3-5-12(11)20/h2-5,8-9,13,23,27H,6-7,10H2,1H3,(H2,24,26)(H,29,31). The Balaban J connectivity index is 1.84. The van der Waals surface area contributed by atoms with Crippen LogP contribution in [0.5, 0.6) is 0 Å². The van der Waals surface area contributed by atoms with Crippen LogP contribution in [0.1, 0.15) is 10.5 Å². The molecule has 1 atom stereocenters.